The molecule has 0 bridgehead atoms. The number of methoxy groups -OCH3 is 1. The molecule has 0 spiro atoms. The van der Waals surface area contributed by atoms with E-state index in [9.17, 15) is 18.0 Å². The van der Waals surface area contributed by atoms with Crippen molar-refractivity contribution in [3.63, 3.8) is 0 Å². The molecule has 210 valence electrons. The predicted octanol–water partition coefficient (Wildman–Crippen LogP) is 5.25. The van der Waals surface area contributed by atoms with Gasteiger partial charge in [0.15, 0.2) is 0 Å². The van der Waals surface area contributed by atoms with Gasteiger partial charge in [0.2, 0.25) is 5.91 Å². The van der Waals surface area contributed by atoms with Gasteiger partial charge in [-0.2, -0.15) is 0 Å². The SMILES string of the molecule is C=C/C(=C\C)c1cccc(S(=O)(=O)NC(=O)N[C@@H](Cc2ccccc2)C(=O)N(CC)c2ccc(OC)cc2)c1C. The lowest BCUT2D eigenvalue weighted by molar-refractivity contribution is -0.120. The molecule has 3 amide bonds. The van der Waals surface area contributed by atoms with Gasteiger partial charge in [-0.1, -0.05) is 61.2 Å². The first-order valence-corrected chi connectivity index (χ1v) is 14.3. The molecule has 0 fully saturated rings. The molecule has 3 aromatic rings. The number of benzene rings is 3. The lowest BCUT2D eigenvalue weighted by Gasteiger charge is -2.27. The van der Waals surface area contributed by atoms with Crippen LogP contribution in [0, 0.1) is 6.92 Å². The topological polar surface area (TPSA) is 105 Å². The molecule has 9 heteroatoms. The van der Waals surface area contributed by atoms with Crippen molar-refractivity contribution in [3.05, 3.63) is 108 Å². The fraction of sp³-hybridized carbons (Fsp3) is 0.226. The Balaban J connectivity index is 1.89. The van der Waals surface area contributed by atoms with Crippen LogP contribution in [0.4, 0.5) is 10.5 Å². The van der Waals surface area contributed by atoms with Gasteiger partial charge in [0, 0.05) is 18.7 Å². The Morgan fingerprint density at radius 1 is 1.02 bits per heavy atom. The van der Waals surface area contributed by atoms with Gasteiger partial charge in [-0.05, 0) is 73.4 Å². The van der Waals surface area contributed by atoms with Crippen LogP contribution in [0.5, 0.6) is 5.75 Å². The van der Waals surface area contributed by atoms with Crippen molar-refractivity contribution >= 4 is 33.2 Å². The number of carbonyl (C=O) groups excluding carboxylic acids is 2. The molecule has 3 rings (SSSR count). The van der Waals surface area contributed by atoms with Crippen LogP contribution in [-0.4, -0.2) is 40.1 Å². The highest BCUT2D eigenvalue weighted by molar-refractivity contribution is 7.90. The number of urea groups is 1. The van der Waals surface area contributed by atoms with E-state index in [0.717, 1.165) is 11.1 Å². The molecule has 0 radical (unpaired) electrons. The molecular weight excluding hydrogens is 526 g/mol. The third-order valence-corrected chi connectivity index (χ3v) is 7.97. The van der Waals surface area contributed by atoms with Gasteiger partial charge in [-0.3, -0.25) is 4.79 Å². The third kappa shape index (κ3) is 7.18. The highest BCUT2D eigenvalue weighted by atomic mass is 32.2. The maximum absolute atomic E-state index is 13.7. The van der Waals surface area contributed by atoms with E-state index < -0.39 is 22.1 Å². The Bertz CT molecular complexity index is 1480. The average molecular weight is 562 g/mol. The van der Waals surface area contributed by atoms with Gasteiger partial charge >= 0.3 is 6.03 Å². The third-order valence-electron chi connectivity index (χ3n) is 6.50. The molecule has 1 atom stereocenters. The summed E-state index contributed by atoms with van der Waals surface area (Å²) in [5.41, 5.74) is 3.36. The van der Waals surface area contributed by atoms with Crippen LogP contribution < -0.4 is 19.7 Å². The van der Waals surface area contributed by atoms with E-state index >= 15 is 0 Å². The first-order chi connectivity index (χ1) is 19.1. The predicted molar refractivity (Wildman–Crippen MR) is 159 cm³/mol. The molecular formula is C31H35N3O5S. The van der Waals surface area contributed by atoms with Crippen LogP contribution in [0.15, 0.2) is 96.4 Å². The second kappa shape index (κ2) is 13.6. The number of sulfonamides is 1. The number of nitrogens with one attached hydrogen (secondary N) is 2. The molecule has 0 unspecified atom stereocenters. The minimum absolute atomic E-state index is 0.0410. The zero-order valence-electron chi connectivity index (χ0n) is 23.2. The second-order valence-corrected chi connectivity index (χ2v) is 10.6. The highest BCUT2D eigenvalue weighted by Crippen LogP contribution is 2.26. The zero-order valence-corrected chi connectivity index (χ0v) is 24.0. The summed E-state index contributed by atoms with van der Waals surface area (Å²) in [6.45, 7) is 9.45. The maximum Gasteiger partial charge on any atom is 0.329 e. The van der Waals surface area contributed by atoms with E-state index in [1.807, 2.05) is 50.3 Å². The number of likely N-dealkylation sites (N-methyl/N-ethyl adjacent to an activating group) is 1. The first-order valence-electron chi connectivity index (χ1n) is 12.9. The molecule has 3 aromatic carbocycles. The molecule has 0 heterocycles. The van der Waals surface area contributed by atoms with E-state index in [0.29, 0.717) is 29.1 Å². The van der Waals surface area contributed by atoms with Gasteiger partial charge in [-0.25, -0.2) is 17.9 Å². The summed E-state index contributed by atoms with van der Waals surface area (Å²) in [6.07, 6.45) is 3.63. The molecule has 2 N–H and O–H groups in total. The van der Waals surface area contributed by atoms with Crippen molar-refractivity contribution in [1.29, 1.82) is 0 Å². The first kappa shape index (κ1) is 30.2. The molecule has 0 aromatic heterocycles. The maximum atomic E-state index is 13.7. The minimum atomic E-state index is -4.25. The van der Waals surface area contributed by atoms with Crippen molar-refractivity contribution in [2.45, 2.75) is 38.1 Å². The minimum Gasteiger partial charge on any atom is -0.497 e. The Hall–Kier alpha value is -4.37. The lowest BCUT2D eigenvalue weighted by Crippen LogP contribution is -2.53. The number of anilines is 1. The average Bonchev–Trinajstić information content (AvgIpc) is 2.95. The van der Waals surface area contributed by atoms with Crippen molar-refractivity contribution in [3.8, 4) is 5.75 Å². The number of allylic oxidation sites excluding steroid dienone is 3. The molecule has 0 aliphatic carbocycles. The lowest BCUT2D eigenvalue weighted by atomic mass is 10.0. The Kier molecular flexibility index (Phi) is 10.3. The number of amides is 3. The largest absolute Gasteiger partial charge is 0.497 e. The van der Waals surface area contributed by atoms with Crippen molar-refractivity contribution in [1.82, 2.24) is 10.0 Å². The number of nitrogens with zero attached hydrogens (tertiary/aromatic N) is 1. The zero-order chi connectivity index (χ0) is 29.3. The van der Waals surface area contributed by atoms with Crippen molar-refractivity contribution in [2.75, 3.05) is 18.6 Å². The fourth-order valence-electron chi connectivity index (χ4n) is 4.43. The van der Waals surface area contributed by atoms with E-state index in [2.05, 4.69) is 16.6 Å². The fourth-order valence-corrected chi connectivity index (χ4v) is 5.62. The molecule has 8 nitrogen and oxygen atoms in total. The van der Waals surface area contributed by atoms with E-state index in [-0.39, 0.29) is 17.2 Å². The van der Waals surface area contributed by atoms with E-state index in [1.165, 1.54) is 11.0 Å². The molecule has 0 aliphatic rings. The van der Waals surface area contributed by atoms with Crippen LogP contribution in [0.2, 0.25) is 0 Å². The standard InChI is InChI=1S/C31H35N3O5S/c1-6-24(7-2)27-15-12-16-29(22(27)4)40(37,38)33-31(36)32-28(21-23-13-10-9-11-14-23)30(35)34(8-3)25-17-19-26(39-5)20-18-25/h6-7,9-20,28H,1,8,21H2,2-5H3,(H2,32,33,36)/b24-7+/t28-/m0/s1. The van der Waals surface area contributed by atoms with Crippen molar-refractivity contribution in [2.24, 2.45) is 0 Å². The smallest absolute Gasteiger partial charge is 0.329 e. The molecule has 0 saturated carbocycles. The molecule has 40 heavy (non-hydrogen) atoms. The summed E-state index contributed by atoms with van der Waals surface area (Å²) in [4.78, 5) is 28.3. The van der Waals surface area contributed by atoms with Crippen LogP contribution >= 0.6 is 0 Å². The quantitative estimate of drug-likeness (QED) is 0.312. The normalized spacial score (nSPS) is 12.2. The van der Waals surface area contributed by atoms with Gasteiger partial charge in [0.25, 0.3) is 10.0 Å². The highest BCUT2D eigenvalue weighted by Gasteiger charge is 2.29. The van der Waals surface area contributed by atoms with Gasteiger partial charge in [-0.15, -0.1) is 0 Å². The summed E-state index contributed by atoms with van der Waals surface area (Å²) < 4.78 is 33.8. The molecule has 0 saturated heterocycles. The summed E-state index contributed by atoms with van der Waals surface area (Å²) >= 11 is 0. The summed E-state index contributed by atoms with van der Waals surface area (Å²) in [5, 5.41) is 2.60. The number of hydrogen-bond donors (Lipinski definition) is 2. The Morgan fingerprint density at radius 3 is 2.27 bits per heavy atom. The van der Waals surface area contributed by atoms with Crippen LogP contribution in [-0.2, 0) is 21.2 Å². The number of hydrogen-bond acceptors (Lipinski definition) is 5. The van der Waals surface area contributed by atoms with E-state index in [4.69, 9.17) is 4.74 Å². The number of carbonyl (C=O) groups is 2. The van der Waals surface area contributed by atoms with Gasteiger partial charge < -0.3 is 15.0 Å². The Labute approximate surface area is 236 Å². The number of ether oxygens (including phenoxy) is 1. The monoisotopic (exact) mass is 561 g/mol. The van der Waals surface area contributed by atoms with Gasteiger partial charge in [0.05, 0.1) is 12.0 Å². The van der Waals surface area contributed by atoms with Crippen molar-refractivity contribution < 1.29 is 22.7 Å². The van der Waals surface area contributed by atoms with Crippen LogP contribution in [0.1, 0.15) is 30.5 Å². The van der Waals surface area contributed by atoms with E-state index in [1.54, 1.807) is 56.5 Å². The molecule has 0 aliphatic heterocycles. The summed E-state index contributed by atoms with van der Waals surface area (Å²) in [6, 6.07) is 19.0. The van der Waals surface area contributed by atoms with Crippen LogP contribution in [0.25, 0.3) is 5.57 Å². The summed E-state index contributed by atoms with van der Waals surface area (Å²) in [5.74, 6) is 0.260. The summed E-state index contributed by atoms with van der Waals surface area (Å²) in [7, 11) is -2.70. The van der Waals surface area contributed by atoms with Crippen LogP contribution in [0.3, 0.4) is 0 Å². The van der Waals surface area contributed by atoms with Gasteiger partial charge in [0.1, 0.15) is 11.8 Å². The number of rotatable bonds is 11. The second-order valence-electron chi connectivity index (χ2n) is 8.98. The Morgan fingerprint density at radius 2 is 1.70 bits per heavy atom.